The summed E-state index contributed by atoms with van der Waals surface area (Å²) in [5.41, 5.74) is 2.27. The number of fused-ring (bicyclic) bond motifs is 2. The van der Waals surface area contributed by atoms with Gasteiger partial charge >= 0.3 is 0 Å². The first-order valence-corrected chi connectivity index (χ1v) is 21.9. The fraction of sp³-hybridized carbons (Fsp3) is 0.409. The second-order valence-corrected chi connectivity index (χ2v) is 16.3. The minimum absolute atomic E-state index is 0.0509. The van der Waals surface area contributed by atoms with Crippen molar-refractivity contribution in [2.45, 2.75) is 44.7 Å². The Balaban J connectivity index is 0.721. The second-order valence-electron chi connectivity index (χ2n) is 15.9. The predicted octanol–water partition coefficient (Wildman–Crippen LogP) is 2.41. The molecule has 3 N–H and O–H groups in total. The van der Waals surface area contributed by atoms with Gasteiger partial charge in [-0.2, -0.15) is 4.98 Å². The molecular formula is C44H48ClN11O10. The number of hydrogen-bond acceptors (Lipinski definition) is 16. The van der Waals surface area contributed by atoms with Gasteiger partial charge in [0.15, 0.2) is 18.2 Å². The van der Waals surface area contributed by atoms with Crippen molar-refractivity contribution in [3.63, 3.8) is 0 Å². The summed E-state index contributed by atoms with van der Waals surface area (Å²) >= 11 is 6.54. The summed E-state index contributed by atoms with van der Waals surface area (Å²) in [5.74, 6) is -0.734. The van der Waals surface area contributed by atoms with Crippen molar-refractivity contribution < 1.29 is 42.9 Å². The van der Waals surface area contributed by atoms with Crippen molar-refractivity contribution in [2.24, 2.45) is 13.0 Å². The molecule has 21 nitrogen and oxygen atoms in total. The number of aromatic nitrogens is 6. The van der Waals surface area contributed by atoms with Gasteiger partial charge in [-0.05, 0) is 74.1 Å². The van der Waals surface area contributed by atoms with Crippen LogP contribution in [0.15, 0.2) is 59.7 Å². The number of piperidine rings is 2. The number of imide groups is 2. The molecule has 346 valence electrons. The summed E-state index contributed by atoms with van der Waals surface area (Å²) in [4.78, 5) is 86.6. The minimum atomic E-state index is -1.03. The number of carbonyl (C=O) groups is 5. The van der Waals surface area contributed by atoms with E-state index in [4.69, 9.17) is 35.5 Å². The lowest BCUT2D eigenvalue weighted by atomic mass is 9.92. The van der Waals surface area contributed by atoms with Crippen LogP contribution < -0.4 is 35.9 Å². The molecule has 5 amide bonds. The quantitative estimate of drug-likeness (QED) is 0.0796. The van der Waals surface area contributed by atoms with Crippen molar-refractivity contribution in [2.75, 3.05) is 70.0 Å². The van der Waals surface area contributed by atoms with Gasteiger partial charge in [0, 0.05) is 50.9 Å². The van der Waals surface area contributed by atoms with E-state index in [1.54, 1.807) is 30.1 Å². The molecule has 3 aliphatic heterocycles. The van der Waals surface area contributed by atoms with Crippen LogP contribution in [-0.2, 0) is 43.9 Å². The van der Waals surface area contributed by atoms with Gasteiger partial charge in [0.05, 0.1) is 61.5 Å². The Labute approximate surface area is 382 Å². The summed E-state index contributed by atoms with van der Waals surface area (Å²) in [6.45, 7) is 3.39. The topological polar surface area (TPSA) is 243 Å². The molecule has 6 heterocycles. The Morgan fingerprint density at radius 1 is 0.909 bits per heavy atom. The number of halogens is 1. The first-order valence-electron chi connectivity index (χ1n) is 21.5. The van der Waals surface area contributed by atoms with Crippen molar-refractivity contribution >= 4 is 69.5 Å². The van der Waals surface area contributed by atoms with Gasteiger partial charge in [0.2, 0.25) is 17.8 Å². The van der Waals surface area contributed by atoms with E-state index in [2.05, 4.69) is 36.1 Å². The number of hydrogen-bond donors (Lipinski definition) is 3. The molecule has 22 heteroatoms. The number of carbonyl (C=O) groups excluding carboxylic acids is 5. The summed E-state index contributed by atoms with van der Waals surface area (Å²) in [6, 6.07) is 10.6. The highest BCUT2D eigenvalue weighted by Crippen LogP contribution is 2.32. The SMILES string of the molecule is CNC(=O)COc1cc2cc(Nc3nc(N4CCC(Cc5cn(CCOCCOCCOc6ccc7c(c6)C(=O)N(C6CCC(=O)NC6=O)C7=O)nn5)CC4)ncc3Cl)ccc2n(C)c1=O. The zero-order valence-electron chi connectivity index (χ0n) is 36.3. The fourth-order valence-electron chi connectivity index (χ4n) is 8.00. The van der Waals surface area contributed by atoms with E-state index in [0.29, 0.717) is 66.0 Å². The van der Waals surface area contributed by atoms with E-state index in [-0.39, 0.29) is 61.0 Å². The van der Waals surface area contributed by atoms with E-state index in [0.717, 1.165) is 48.3 Å². The summed E-state index contributed by atoms with van der Waals surface area (Å²) in [6.07, 6.45) is 6.30. The molecule has 3 aromatic heterocycles. The molecule has 1 unspecified atom stereocenters. The minimum Gasteiger partial charge on any atom is -0.491 e. The Morgan fingerprint density at radius 2 is 1.68 bits per heavy atom. The van der Waals surface area contributed by atoms with E-state index in [9.17, 15) is 28.8 Å². The molecule has 66 heavy (non-hydrogen) atoms. The molecule has 0 saturated carbocycles. The third kappa shape index (κ3) is 10.4. The van der Waals surface area contributed by atoms with Gasteiger partial charge in [-0.15, -0.1) is 5.10 Å². The number of nitrogens with one attached hydrogen (secondary N) is 3. The number of anilines is 3. The summed E-state index contributed by atoms with van der Waals surface area (Å²) in [7, 11) is 3.14. The van der Waals surface area contributed by atoms with Crippen molar-refractivity contribution in [1.29, 1.82) is 0 Å². The Bertz CT molecular complexity index is 2720. The number of likely N-dealkylation sites (N-methyl/N-ethyl adjacent to an activating group) is 1. The number of amides is 5. The van der Waals surface area contributed by atoms with E-state index in [1.807, 2.05) is 24.4 Å². The molecule has 0 radical (unpaired) electrons. The van der Waals surface area contributed by atoms with Crippen LogP contribution in [0.5, 0.6) is 11.5 Å². The number of pyridine rings is 1. The van der Waals surface area contributed by atoms with Crippen LogP contribution >= 0.6 is 11.6 Å². The Hall–Kier alpha value is -6.97. The standard InChI is InChI=1S/C44H48ClN11O10/c1-46-38(58)25-66-36-21-27-20-28(3-6-34(27)53(2)43(36)62)48-39-33(45)23-47-44(50-39)54-11-9-26(10-12-54)19-29-24-55(52-51-29)13-14-63-15-16-64-17-18-65-30-4-5-31-32(22-30)42(61)56(41(31)60)35-7-8-37(57)49-40(35)59/h3-6,20-24,26,35H,7-19,25H2,1-2H3,(H,46,58)(H,47,48,50)(H,49,57,59). The summed E-state index contributed by atoms with van der Waals surface area (Å²) in [5, 5.41) is 17.7. The maximum atomic E-state index is 13.0. The summed E-state index contributed by atoms with van der Waals surface area (Å²) < 4.78 is 25.8. The molecule has 3 aliphatic rings. The smallest absolute Gasteiger partial charge is 0.293 e. The van der Waals surface area contributed by atoms with Gasteiger partial charge in [-0.1, -0.05) is 16.8 Å². The van der Waals surface area contributed by atoms with Crippen molar-refractivity contribution in [3.8, 4) is 11.5 Å². The molecular weight excluding hydrogens is 878 g/mol. The monoisotopic (exact) mass is 925 g/mol. The average molecular weight is 926 g/mol. The highest BCUT2D eigenvalue weighted by atomic mass is 35.5. The van der Waals surface area contributed by atoms with E-state index < -0.39 is 29.7 Å². The lowest BCUT2D eigenvalue weighted by Crippen LogP contribution is -2.54. The molecule has 0 bridgehead atoms. The van der Waals surface area contributed by atoms with Crippen molar-refractivity contribution in [3.05, 3.63) is 87.1 Å². The Kier molecular flexibility index (Phi) is 14.1. The second kappa shape index (κ2) is 20.5. The molecule has 1 atom stereocenters. The molecule has 0 aliphatic carbocycles. The zero-order chi connectivity index (χ0) is 46.3. The predicted molar refractivity (Wildman–Crippen MR) is 238 cm³/mol. The molecule has 2 aromatic carbocycles. The van der Waals surface area contributed by atoms with Crippen molar-refractivity contribution in [1.82, 2.24) is 45.1 Å². The van der Waals surface area contributed by atoms with Crippen LogP contribution in [0.25, 0.3) is 10.9 Å². The van der Waals surface area contributed by atoms with Gasteiger partial charge < -0.3 is 39.0 Å². The maximum absolute atomic E-state index is 13.0. The van der Waals surface area contributed by atoms with Crippen LogP contribution in [0.3, 0.4) is 0 Å². The van der Waals surface area contributed by atoms with E-state index >= 15 is 0 Å². The van der Waals surface area contributed by atoms with Gasteiger partial charge in [0.1, 0.15) is 23.4 Å². The normalized spacial score (nSPS) is 16.4. The van der Waals surface area contributed by atoms with Gasteiger partial charge in [0.25, 0.3) is 23.3 Å². The lowest BCUT2D eigenvalue weighted by molar-refractivity contribution is -0.136. The largest absolute Gasteiger partial charge is 0.491 e. The number of aryl methyl sites for hydroxylation is 1. The van der Waals surface area contributed by atoms with Gasteiger partial charge in [-0.3, -0.25) is 39.0 Å². The van der Waals surface area contributed by atoms with Crippen LogP contribution in [0, 0.1) is 5.92 Å². The molecule has 8 rings (SSSR count). The van der Waals surface area contributed by atoms with Crippen LogP contribution in [0.1, 0.15) is 52.1 Å². The van der Waals surface area contributed by atoms with Gasteiger partial charge in [-0.25, -0.2) is 9.67 Å². The lowest BCUT2D eigenvalue weighted by Gasteiger charge is -2.31. The van der Waals surface area contributed by atoms with E-state index in [1.165, 1.54) is 23.7 Å². The fourth-order valence-corrected chi connectivity index (χ4v) is 8.14. The number of benzene rings is 2. The number of rotatable bonds is 19. The molecule has 2 fully saturated rings. The molecule has 0 spiro atoms. The number of ether oxygens (including phenoxy) is 4. The third-order valence-corrected chi connectivity index (χ3v) is 11.8. The average Bonchev–Trinajstić information content (AvgIpc) is 3.86. The number of nitrogens with zero attached hydrogens (tertiary/aromatic N) is 8. The van der Waals surface area contributed by atoms with Crippen LogP contribution in [0.2, 0.25) is 5.02 Å². The zero-order valence-corrected chi connectivity index (χ0v) is 37.0. The third-order valence-electron chi connectivity index (χ3n) is 11.5. The van der Waals surface area contributed by atoms with Crippen LogP contribution in [-0.4, -0.2) is 130 Å². The maximum Gasteiger partial charge on any atom is 0.293 e. The Morgan fingerprint density at radius 3 is 2.47 bits per heavy atom. The molecule has 5 aromatic rings. The highest BCUT2D eigenvalue weighted by Gasteiger charge is 2.44. The first-order chi connectivity index (χ1) is 31.9. The van der Waals surface area contributed by atoms with Crippen LogP contribution in [0.4, 0.5) is 17.5 Å². The highest BCUT2D eigenvalue weighted by molar-refractivity contribution is 6.33. The first kappa shape index (κ1) is 45.6. The molecule has 2 saturated heterocycles.